The van der Waals surface area contributed by atoms with Gasteiger partial charge in [0.1, 0.15) is 5.82 Å². The summed E-state index contributed by atoms with van der Waals surface area (Å²) in [6.07, 6.45) is 0.889. The van der Waals surface area contributed by atoms with Crippen LogP contribution in [0, 0.1) is 0 Å². The lowest BCUT2D eigenvalue weighted by Gasteiger charge is -2.22. The van der Waals surface area contributed by atoms with Gasteiger partial charge in [0.05, 0.1) is 16.7 Å². The molecule has 0 amide bonds. The molecule has 8 rings (SSSR count). The van der Waals surface area contributed by atoms with E-state index in [1.807, 2.05) is 11.8 Å². The fourth-order valence-electron chi connectivity index (χ4n) is 6.13. The Hall–Kier alpha value is -4.34. The van der Waals surface area contributed by atoms with Crippen molar-refractivity contribution in [3.8, 4) is 27.9 Å². The molecule has 0 fully saturated rings. The molecular formula is C35H24N2S. The van der Waals surface area contributed by atoms with E-state index in [2.05, 4.69) is 127 Å². The lowest BCUT2D eigenvalue weighted by Crippen LogP contribution is -2.06. The van der Waals surface area contributed by atoms with Crippen LogP contribution in [-0.2, 0) is 6.42 Å². The van der Waals surface area contributed by atoms with Crippen molar-refractivity contribution in [2.24, 2.45) is 0 Å². The van der Waals surface area contributed by atoms with Gasteiger partial charge in [-0.3, -0.25) is 4.57 Å². The summed E-state index contributed by atoms with van der Waals surface area (Å²) in [5.41, 5.74) is 8.60. The number of benzene rings is 6. The molecule has 7 aromatic rings. The minimum atomic E-state index is 0.889. The van der Waals surface area contributed by atoms with E-state index in [4.69, 9.17) is 4.98 Å². The van der Waals surface area contributed by atoms with Crippen LogP contribution in [0.2, 0.25) is 0 Å². The smallest absolute Gasteiger partial charge is 0.114 e. The summed E-state index contributed by atoms with van der Waals surface area (Å²) in [4.78, 5) is 7.55. The van der Waals surface area contributed by atoms with E-state index in [1.165, 1.54) is 64.8 Å². The SMILES string of the molecule is CCc1nc2cccc3c2n1-c1cc(-c2c4ccccc4c(-c4ccccc4)c4ccccc24)ccc1S3. The van der Waals surface area contributed by atoms with Gasteiger partial charge in [-0.1, -0.05) is 110 Å². The Balaban J connectivity index is 1.46. The maximum atomic E-state index is 5.00. The van der Waals surface area contributed by atoms with Crippen LogP contribution in [0.5, 0.6) is 0 Å². The minimum Gasteiger partial charge on any atom is -0.294 e. The van der Waals surface area contributed by atoms with Crippen molar-refractivity contribution in [2.75, 3.05) is 0 Å². The molecule has 1 aromatic heterocycles. The molecule has 1 aliphatic heterocycles. The summed E-state index contributed by atoms with van der Waals surface area (Å²) in [7, 11) is 0. The number of rotatable bonds is 3. The second kappa shape index (κ2) is 8.34. The summed E-state index contributed by atoms with van der Waals surface area (Å²) in [5.74, 6) is 1.11. The predicted molar refractivity (Wildman–Crippen MR) is 160 cm³/mol. The lowest BCUT2D eigenvalue weighted by atomic mass is 9.86. The normalized spacial score (nSPS) is 12.3. The Labute approximate surface area is 225 Å². The van der Waals surface area contributed by atoms with E-state index in [-0.39, 0.29) is 0 Å². The molecule has 0 radical (unpaired) electrons. The van der Waals surface area contributed by atoms with E-state index >= 15 is 0 Å². The molecule has 1 aliphatic rings. The third kappa shape index (κ3) is 3.06. The third-order valence-electron chi connectivity index (χ3n) is 7.73. The van der Waals surface area contributed by atoms with Crippen molar-refractivity contribution in [1.82, 2.24) is 9.55 Å². The molecule has 0 spiro atoms. The van der Waals surface area contributed by atoms with E-state index in [9.17, 15) is 0 Å². The molecule has 0 N–H and O–H groups in total. The van der Waals surface area contributed by atoms with E-state index in [1.54, 1.807) is 0 Å². The lowest BCUT2D eigenvalue weighted by molar-refractivity contribution is 0.888. The monoisotopic (exact) mass is 504 g/mol. The molecule has 6 aromatic carbocycles. The van der Waals surface area contributed by atoms with Gasteiger partial charge in [0.25, 0.3) is 0 Å². The Bertz CT molecular complexity index is 1980. The van der Waals surface area contributed by atoms with E-state index in [0.29, 0.717) is 0 Å². The van der Waals surface area contributed by atoms with Crippen molar-refractivity contribution in [3.63, 3.8) is 0 Å². The van der Waals surface area contributed by atoms with Crippen LogP contribution in [-0.4, -0.2) is 9.55 Å². The summed E-state index contributed by atoms with van der Waals surface area (Å²) < 4.78 is 2.39. The molecule has 180 valence electrons. The summed E-state index contributed by atoms with van der Waals surface area (Å²) in [5, 5.41) is 5.12. The number of nitrogens with zero attached hydrogens (tertiary/aromatic N) is 2. The average Bonchev–Trinajstić information content (AvgIpc) is 3.37. The largest absolute Gasteiger partial charge is 0.294 e. The highest BCUT2D eigenvalue weighted by Crippen LogP contribution is 2.47. The molecule has 2 nitrogen and oxygen atoms in total. The number of aryl methyl sites for hydroxylation is 1. The highest BCUT2D eigenvalue weighted by atomic mass is 32.2. The van der Waals surface area contributed by atoms with Crippen LogP contribution >= 0.6 is 11.8 Å². The van der Waals surface area contributed by atoms with Crippen LogP contribution in [0.4, 0.5) is 0 Å². The summed E-state index contributed by atoms with van der Waals surface area (Å²) >= 11 is 1.85. The van der Waals surface area contributed by atoms with Crippen LogP contribution < -0.4 is 0 Å². The number of imidazole rings is 1. The first kappa shape index (κ1) is 21.7. The van der Waals surface area contributed by atoms with Crippen molar-refractivity contribution in [2.45, 2.75) is 23.1 Å². The van der Waals surface area contributed by atoms with Gasteiger partial charge in [0, 0.05) is 16.2 Å². The molecule has 0 atom stereocenters. The molecule has 0 unspecified atom stereocenters. The van der Waals surface area contributed by atoms with Gasteiger partial charge in [-0.2, -0.15) is 0 Å². The molecule has 38 heavy (non-hydrogen) atoms. The summed E-state index contributed by atoms with van der Waals surface area (Å²) in [6, 6.07) is 42.0. The molecule has 2 heterocycles. The van der Waals surface area contributed by atoms with Gasteiger partial charge in [0.15, 0.2) is 0 Å². The highest BCUT2D eigenvalue weighted by Gasteiger charge is 2.24. The number of fused-ring (bicyclic) bond motifs is 4. The van der Waals surface area contributed by atoms with Crippen LogP contribution in [0.3, 0.4) is 0 Å². The zero-order valence-electron chi connectivity index (χ0n) is 21.0. The Kier molecular flexibility index (Phi) is 4.77. The van der Waals surface area contributed by atoms with E-state index < -0.39 is 0 Å². The first-order valence-corrected chi connectivity index (χ1v) is 14.0. The van der Waals surface area contributed by atoms with Gasteiger partial charge in [0.2, 0.25) is 0 Å². The van der Waals surface area contributed by atoms with Crippen molar-refractivity contribution in [3.05, 3.63) is 121 Å². The molecule has 3 heteroatoms. The van der Waals surface area contributed by atoms with Crippen molar-refractivity contribution in [1.29, 1.82) is 0 Å². The van der Waals surface area contributed by atoms with E-state index in [0.717, 1.165) is 17.8 Å². The Morgan fingerprint density at radius 1 is 0.605 bits per heavy atom. The molecule has 0 bridgehead atoms. The maximum Gasteiger partial charge on any atom is 0.114 e. The van der Waals surface area contributed by atoms with Crippen molar-refractivity contribution >= 4 is 44.3 Å². The standard InChI is InChI=1S/C35H24N2S/c1-2-32-36-28-17-10-18-31-35(28)37(32)29-21-23(19-20-30(29)38-31)34-26-15-8-6-13-24(26)33(22-11-4-3-5-12-22)25-14-7-9-16-27(25)34/h3-21H,2H2,1H3. The number of aromatic nitrogens is 2. The van der Waals surface area contributed by atoms with Gasteiger partial charge in [-0.15, -0.1) is 0 Å². The maximum absolute atomic E-state index is 5.00. The minimum absolute atomic E-state index is 0.889. The third-order valence-corrected chi connectivity index (χ3v) is 8.84. The second-order valence-electron chi connectivity index (χ2n) is 9.83. The second-order valence-corrected chi connectivity index (χ2v) is 10.9. The van der Waals surface area contributed by atoms with Crippen molar-refractivity contribution < 1.29 is 0 Å². The molecular weight excluding hydrogens is 480 g/mol. The van der Waals surface area contributed by atoms with Crippen LogP contribution in [0.1, 0.15) is 12.7 Å². The zero-order chi connectivity index (χ0) is 25.2. The predicted octanol–water partition coefficient (Wildman–Crippen LogP) is 9.69. The Morgan fingerprint density at radius 3 is 1.89 bits per heavy atom. The number of hydrogen-bond acceptors (Lipinski definition) is 2. The fraction of sp³-hybridized carbons (Fsp3) is 0.0571. The first-order chi connectivity index (χ1) is 18.8. The molecule has 0 aliphatic carbocycles. The van der Waals surface area contributed by atoms with Gasteiger partial charge >= 0.3 is 0 Å². The fourth-order valence-corrected chi connectivity index (χ4v) is 7.20. The van der Waals surface area contributed by atoms with Crippen LogP contribution in [0.25, 0.3) is 60.5 Å². The van der Waals surface area contributed by atoms with Gasteiger partial charge in [-0.25, -0.2) is 4.98 Å². The zero-order valence-corrected chi connectivity index (χ0v) is 21.8. The number of para-hydroxylation sites is 1. The molecule has 0 saturated carbocycles. The average molecular weight is 505 g/mol. The van der Waals surface area contributed by atoms with Crippen LogP contribution in [0.15, 0.2) is 125 Å². The Morgan fingerprint density at radius 2 is 1.24 bits per heavy atom. The summed E-state index contributed by atoms with van der Waals surface area (Å²) in [6.45, 7) is 2.19. The topological polar surface area (TPSA) is 17.8 Å². The quantitative estimate of drug-likeness (QED) is 0.223. The van der Waals surface area contributed by atoms with Gasteiger partial charge < -0.3 is 0 Å². The first-order valence-electron chi connectivity index (χ1n) is 13.1. The highest BCUT2D eigenvalue weighted by molar-refractivity contribution is 7.99. The molecule has 0 saturated heterocycles. The number of hydrogen-bond donors (Lipinski definition) is 0. The van der Waals surface area contributed by atoms with Gasteiger partial charge in [-0.05, 0) is 68.1 Å².